The zero-order valence-corrected chi connectivity index (χ0v) is 12.2. The van der Waals surface area contributed by atoms with Crippen molar-refractivity contribution in [3.8, 4) is 12.3 Å². The second kappa shape index (κ2) is 5.81. The van der Waals surface area contributed by atoms with Crippen LogP contribution in [0.1, 0.15) is 10.4 Å². The summed E-state index contributed by atoms with van der Waals surface area (Å²) >= 11 is 0. The van der Waals surface area contributed by atoms with Gasteiger partial charge in [-0.2, -0.15) is 8.42 Å². The summed E-state index contributed by atoms with van der Waals surface area (Å²) in [4.78, 5) is 11.8. The SMILES string of the molecule is C#CCNC(=O)c1ccc(S(=O)(=O)n2cc[n+](C)c2)cc1. The number of amides is 1. The molecule has 21 heavy (non-hydrogen) atoms. The molecule has 0 bridgehead atoms. The summed E-state index contributed by atoms with van der Waals surface area (Å²) in [6, 6.07) is 5.67. The van der Waals surface area contributed by atoms with Gasteiger partial charge in [-0.15, -0.1) is 10.4 Å². The van der Waals surface area contributed by atoms with Crippen LogP contribution in [0.15, 0.2) is 47.9 Å². The Morgan fingerprint density at radius 3 is 2.57 bits per heavy atom. The average molecular weight is 304 g/mol. The minimum atomic E-state index is -3.65. The lowest BCUT2D eigenvalue weighted by Crippen LogP contribution is -2.25. The molecule has 1 amide bonds. The molecule has 1 heterocycles. The highest BCUT2D eigenvalue weighted by Crippen LogP contribution is 2.14. The lowest BCUT2D eigenvalue weighted by molar-refractivity contribution is -0.670. The van der Waals surface area contributed by atoms with E-state index in [1.54, 1.807) is 17.8 Å². The maximum atomic E-state index is 12.3. The standard InChI is InChI=1S/C14H13N3O3S/c1-3-8-15-14(18)12-4-6-13(7-5-12)21(19,20)17-10-9-16(2)11-17/h1,4-7,9-11H,8H2,2H3/p+1. The quantitative estimate of drug-likeness (QED) is 0.634. The molecule has 0 spiro atoms. The van der Waals surface area contributed by atoms with Crippen LogP contribution in [0.5, 0.6) is 0 Å². The number of aromatic nitrogens is 2. The highest BCUT2D eigenvalue weighted by molar-refractivity contribution is 7.90. The summed E-state index contributed by atoms with van der Waals surface area (Å²) in [5.41, 5.74) is 0.349. The Balaban J connectivity index is 2.27. The second-order valence-corrected chi connectivity index (χ2v) is 6.17. The molecule has 1 aromatic carbocycles. The van der Waals surface area contributed by atoms with Crippen molar-refractivity contribution in [2.45, 2.75) is 4.90 Å². The number of hydrogen-bond acceptors (Lipinski definition) is 3. The van der Waals surface area contributed by atoms with Gasteiger partial charge in [0.25, 0.3) is 12.2 Å². The van der Waals surface area contributed by atoms with Gasteiger partial charge in [-0.25, -0.2) is 4.57 Å². The Kier molecular flexibility index (Phi) is 4.10. The summed E-state index contributed by atoms with van der Waals surface area (Å²) in [7, 11) is -1.92. The van der Waals surface area contributed by atoms with Crippen LogP contribution in [0.2, 0.25) is 0 Å². The number of benzene rings is 1. The van der Waals surface area contributed by atoms with Crippen molar-refractivity contribution in [1.82, 2.24) is 9.29 Å². The third kappa shape index (κ3) is 3.12. The van der Waals surface area contributed by atoms with Gasteiger partial charge in [0.1, 0.15) is 17.3 Å². The zero-order chi connectivity index (χ0) is 15.5. The third-order valence-corrected chi connectivity index (χ3v) is 4.43. The summed E-state index contributed by atoms with van der Waals surface area (Å²) in [6.45, 7) is 0.124. The monoisotopic (exact) mass is 304 g/mol. The van der Waals surface area contributed by atoms with Gasteiger partial charge in [0.2, 0.25) is 0 Å². The van der Waals surface area contributed by atoms with Crippen LogP contribution in [0.25, 0.3) is 0 Å². The first-order valence-electron chi connectivity index (χ1n) is 6.05. The van der Waals surface area contributed by atoms with Gasteiger partial charge in [0.05, 0.1) is 13.6 Å². The summed E-state index contributed by atoms with van der Waals surface area (Å²) in [5, 5.41) is 2.51. The van der Waals surface area contributed by atoms with Crippen molar-refractivity contribution in [2.24, 2.45) is 7.05 Å². The maximum absolute atomic E-state index is 12.3. The minimum absolute atomic E-state index is 0.104. The van der Waals surface area contributed by atoms with Crippen LogP contribution in [-0.2, 0) is 17.1 Å². The number of aryl methyl sites for hydroxylation is 1. The molecule has 0 radical (unpaired) electrons. The molecule has 0 unspecified atom stereocenters. The van der Waals surface area contributed by atoms with Crippen LogP contribution < -0.4 is 9.88 Å². The van der Waals surface area contributed by atoms with E-state index in [9.17, 15) is 13.2 Å². The number of nitrogens with one attached hydrogen (secondary N) is 1. The number of nitrogens with zero attached hydrogens (tertiary/aromatic N) is 2. The van der Waals surface area contributed by atoms with Crippen LogP contribution in [0, 0.1) is 12.3 Å². The van der Waals surface area contributed by atoms with Gasteiger partial charge in [-0.05, 0) is 24.3 Å². The molecule has 0 saturated heterocycles. The molecule has 108 valence electrons. The number of hydrogen-bond donors (Lipinski definition) is 1. The topological polar surface area (TPSA) is 72.0 Å². The Morgan fingerprint density at radius 1 is 1.38 bits per heavy atom. The van der Waals surface area contributed by atoms with Crippen LogP contribution in [0.4, 0.5) is 0 Å². The van der Waals surface area contributed by atoms with E-state index < -0.39 is 10.0 Å². The predicted molar refractivity (Wildman–Crippen MR) is 75.8 cm³/mol. The van der Waals surface area contributed by atoms with Crippen molar-refractivity contribution in [3.05, 3.63) is 48.5 Å². The van der Waals surface area contributed by atoms with Crippen molar-refractivity contribution < 1.29 is 17.8 Å². The van der Waals surface area contributed by atoms with E-state index in [2.05, 4.69) is 11.2 Å². The fraction of sp³-hybridized carbons (Fsp3) is 0.143. The fourth-order valence-corrected chi connectivity index (χ4v) is 2.91. The molecule has 0 aliphatic heterocycles. The Bertz CT molecular complexity index is 799. The molecule has 2 aromatic rings. The van der Waals surface area contributed by atoms with Crippen molar-refractivity contribution in [1.29, 1.82) is 0 Å². The van der Waals surface area contributed by atoms with E-state index in [1.165, 1.54) is 36.8 Å². The average Bonchev–Trinajstić information content (AvgIpc) is 2.92. The first-order chi connectivity index (χ1) is 9.95. The summed E-state index contributed by atoms with van der Waals surface area (Å²) < 4.78 is 27.4. The molecule has 0 aliphatic carbocycles. The van der Waals surface area contributed by atoms with E-state index in [0.717, 1.165) is 3.97 Å². The highest BCUT2D eigenvalue weighted by Gasteiger charge is 2.22. The molecular formula is C14H14N3O3S+. The zero-order valence-electron chi connectivity index (χ0n) is 11.4. The van der Waals surface area contributed by atoms with Crippen LogP contribution in [0.3, 0.4) is 0 Å². The van der Waals surface area contributed by atoms with Crippen LogP contribution in [-0.4, -0.2) is 24.8 Å². The van der Waals surface area contributed by atoms with E-state index in [4.69, 9.17) is 6.42 Å². The third-order valence-electron chi connectivity index (χ3n) is 2.79. The minimum Gasteiger partial charge on any atom is -0.341 e. The molecular weight excluding hydrogens is 290 g/mol. The molecule has 0 atom stereocenters. The second-order valence-electron chi connectivity index (χ2n) is 4.33. The van der Waals surface area contributed by atoms with Gasteiger partial charge in [-0.1, -0.05) is 5.92 Å². The van der Waals surface area contributed by atoms with E-state index in [0.29, 0.717) is 5.56 Å². The van der Waals surface area contributed by atoms with Crippen molar-refractivity contribution in [2.75, 3.05) is 6.54 Å². The Morgan fingerprint density at radius 2 is 2.05 bits per heavy atom. The molecule has 0 aliphatic rings. The van der Waals surface area contributed by atoms with Gasteiger partial charge in [0.15, 0.2) is 0 Å². The number of rotatable bonds is 4. The summed E-state index contributed by atoms with van der Waals surface area (Å²) in [6.07, 6.45) is 9.57. The lowest BCUT2D eigenvalue weighted by atomic mass is 10.2. The molecule has 0 fully saturated rings. The first kappa shape index (κ1) is 14.8. The molecule has 1 N–H and O–H groups in total. The number of carbonyl (C=O) groups is 1. The number of imidazole rings is 1. The molecule has 0 saturated carbocycles. The fourth-order valence-electron chi connectivity index (χ4n) is 1.70. The Hall–Kier alpha value is -2.59. The van der Waals surface area contributed by atoms with Crippen LogP contribution >= 0.6 is 0 Å². The molecule has 7 heteroatoms. The number of terminal acetylenes is 1. The molecule has 1 aromatic heterocycles. The Labute approximate surface area is 123 Å². The molecule has 6 nitrogen and oxygen atoms in total. The number of carbonyl (C=O) groups excluding carboxylic acids is 1. The van der Waals surface area contributed by atoms with Gasteiger partial charge in [0, 0.05) is 5.56 Å². The first-order valence-corrected chi connectivity index (χ1v) is 7.49. The predicted octanol–water partition coefficient (Wildman–Crippen LogP) is -0.0874. The normalized spacial score (nSPS) is 10.9. The lowest BCUT2D eigenvalue weighted by Gasteiger charge is -2.03. The van der Waals surface area contributed by atoms with Crippen molar-refractivity contribution in [3.63, 3.8) is 0 Å². The van der Waals surface area contributed by atoms with E-state index in [-0.39, 0.29) is 17.3 Å². The van der Waals surface area contributed by atoms with E-state index in [1.807, 2.05) is 0 Å². The van der Waals surface area contributed by atoms with Gasteiger partial charge < -0.3 is 5.32 Å². The van der Waals surface area contributed by atoms with Gasteiger partial charge >= 0.3 is 10.0 Å². The maximum Gasteiger partial charge on any atom is 0.335 e. The van der Waals surface area contributed by atoms with E-state index >= 15 is 0 Å². The summed E-state index contributed by atoms with van der Waals surface area (Å²) in [5.74, 6) is 1.95. The van der Waals surface area contributed by atoms with Gasteiger partial charge in [-0.3, -0.25) is 4.79 Å². The molecule has 2 rings (SSSR count). The van der Waals surface area contributed by atoms with Crippen molar-refractivity contribution >= 4 is 15.9 Å². The largest absolute Gasteiger partial charge is 0.341 e. The smallest absolute Gasteiger partial charge is 0.335 e. The highest BCUT2D eigenvalue weighted by atomic mass is 32.2.